The molecule has 4 aromatic rings. The van der Waals surface area contributed by atoms with Crippen molar-refractivity contribution in [1.29, 1.82) is 0 Å². The zero-order valence-electron chi connectivity index (χ0n) is 26.5. The van der Waals surface area contributed by atoms with Crippen LogP contribution in [0.4, 0.5) is 30.5 Å². The van der Waals surface area contributed by atoms with Crippen LogP contribution >= 0.6 is 23.2 Å². The summed E-state index contributed by atoms with van der Waals surface area (Å²) in [5.74, 6) is -1.41. The first-order valence-corrected chi connectivity index (χ1v) is 16.5. The van der Waals surface area contributed by atoms with Gasteiger partial charge >= 0.3 is 6.18 Å². The highest BCUT2D eigenvalue weighted by Crippen LogP contribution is 2.42. The lowest BCUT2D eigenvalue weighted by molar-refractivity contribution is -0.137. The first kappa shape index (κ1) is 33.9. The number of pyridine rings is 1. The number of hydrogen-bond donors (Lipinski definition) is 2. The summed E-state index contributed by atoms with van der Waals surface area (Å²) in [6.45, 7) is 4.57. The van der Waals surface area contributed by atoms with E-state index < -0.39 is 40.9 Å². The van der Waals surface area contributed by atoms with Crippen LogP contribution in [-0.4, -0.2) is 98.5 Å². The number of alkyl halides is 3. The number of aromatic hydroxyl groups is 1. The average molecular weight is 737 g/mol. The van der Waals surface area contributed by atoms with Crippen molar-refractivity contribution >= 4 is 58.1 Å². The zero-order valence-corrected chi connectivity index (χ0v) is 28.0. The first-order chi connectivity index (χ1) is 23.8. The van der Waals surface area contributed by atoms with Crippen LogP contribution in [0, 0.1) is 0 Å². The second-order valence-corrected chi connectivity index (χ2v) is 13.0. The Balaban J connectivity index is 1.25. The molecule has 0 spiro atoms. The van der Waals surface area contributed by atoms with E-state index in [9.17, 15) is 32.7 Å². The number of halogens is 5. The third kappa shape index (κ3) is 5.96. The summed E-state index contributed by atoms with van der Waals surface area (Å²) in [5, 5.41) is 17.3. The lowest BCUT2D eigenvalue weighted by Gasteiger charge is -2.36. The summed E-state index contributed by atoms with van der Waals surface area (Å²) in [4.78, 5) is 55.4. The van der Waals surface area contributed by atoms with E-state index in [-0.39, 0.29) is 71.7 Å². The molecule has 264 valence electrons. The predicted molar refractivity (Wildman–Crippen MR) is 176 cm³/mol. The first-order valence-electron chi connectivity index (χ1n) is 15.8. The number of piperazine rings is 1. The number of aromatic nitrogens is 5. The van der Waals surface area contributed by atoms with Crippen LogP contribution in [0.1, 0.15) is 47.1 Å². The van der Waals surface area contributed by atoms with Gasteiger partial charge in [0.05, 0.1) is 40.2 Å². The molecule has 2 atom stereocenters. The van der Waals surface area contributed by atoms with E-state index in [1.165, 1.54) is 21.7 Å². The van der Waals surface area contributed by atoms with E-state index in [1.54, 1.807) is 4.57 Å². The van der Waals surface area contributed by atoms with Gasteiger partial charge in [0.15, 0.2) is 11.4 Å². The van der Waals surface area contributed by atoms with Crippen molar-refractivity contribution in [3.8, 4) is 5.75 Å². The smallest absolute Gasteiger partial charge is 0.416 e. The lowest BCUT2D eigenvalue weighted by atomic mass is 10.0. The molecule has 2 fully saturated rings. The Labute approximate surface area is 292 Å². The van der Waals surface area contributed by atoms with Gasteiger partial charge in [-0.05, 0) is 30.7 Å². The number of benzene rings is 1. The molecule has 50 heavy (non-hydrogen) atoms. The molecule has 0 aliphatic carbocycles. The molecular formula is C31H30Cl2F3N9O5. The summed E-state index contributed by atoms with van der Waals surface area (Å²) in [6.07, 6.45) is -3.04. The van der Waals surface area contributed by atoms with Crippen LogP contribution < -0.4 is 20.7 Å². The van der Waals surface area contributed by atoms with Crippen molar-refractivity contribution < 1.29 is 32.6 Å². The number of nitrogens with zero attached hydrogens (tertiary/aromatic N) is 8. The quantitative estimate of drug-likeness (QED) is 0.310. The van der Waals surface area contributed by atoms with Crippen molar-refractivity contribution in [1.82, 2.24) is 29.0 Å². The summed E-state index contributed by atoms with van der Waals surface area (Å²) in [5.41, 5.74) is -0.753. The van der Waals surface area contributed by atoms with Crippen molar-refractivity contribution in [2.45, 2.75) is 31.5 Å². The minimum Gasteiger partial charge on any atom is -0.504 e. The second kappa shape index (κ2) is 12.9. The van der Waals surface area contributed by atoms with Crippen molar-refractivity contribution in [3.05, 3.63) is 67.8 Å². The molecule has 7 rings (SSSR count). The number of nitrogens with one attached hydrogen (secondary N) is 1. The normalized spacial score (nSPS) is 19.6. The van der Waals surface area contributed by atoms with Crippen LogP contribution in [0.25, 0.3) is 5.78 Å². The zero-order chi connectivity index (χ0) is 35.5. The fraction of sp³-hybridized carbons (Fsp3) is 0.419. The van der Waals surface area contributed by atoms with Gasteiger partial charge in [-0.15, -0.1) is 5.10 Å². The van der Waals surface area contributed by atoms with Gasteiger partial charge in [0.2, 0.25) is 17.6 Å². The third-order valence-electron chi connectivity index (χ3n) is 9.16. The Morgan fingerprint density at radius 1 is 1.02 bits per heavy atom. The van der Waals surface area contributed by atoms with Gasteiger partial charge in [-0.2, -0.15) is 22.7 Å². The summed E-state index contributed by atoms with van der Waals surface area (Å²) < 4.78 is 48.0. The Bertz CT molecular complexity index is 2060. The maximum absolute atomic E-state index is 14.3. The van der Waals surface area contributed by atoms with Crippen LogP contribution in [0.15, 0.2) is 35.3 Å². The van der Waals surface area contributed by atoms with Crippen LogP contribution in [-0.2, 0) is 15.7 Å². The van der Waals surface area contributed by atoms with E-state index in [4.69, 9.17) is 32.9 Å². The fourth-order valence-corrected chi connectivity index (χ4v) is 7.02. The van der Waals surface area contributed by atoms with Gasteiger partial charge in [-0.1, -0.05) is 30.1 Å². The number of carbonyl (C=O) groups excluding carboxylic acids is 2. The van der Waals surface area contributed by atoms with Crippen LogP contribution in [0.5, 0.6) is 5.75 Å². The standard InChI is InChI=1S/C31H30Cl2F3N9O5/c1-16-14-21(26(47)38-20-3-2-17(15-19(20)33)31(34,35)36)44-23(16)24(28(49)45-30(44)39-29(40-45)43-10-12-50-13-11-43)41-6-8-42(9-7-41)27(48)22-25(46)18(32)4-5-37-22/h2-5,15-16,21,46H,6-14H2,1H3,(H,38,47). The number of rotatable bonds is 5. The summed E-state index contributed by atoms with van der Waals surface area (Å²) in [7, 11) is 0. The van der Waals surface area contributed by atoms with Crippen molar-refractivity contribution in [2.24, 2.45) is 0 Å². The topological polar surface area (TPSA) is 150 Å². The second-order valence-electron chi connectivity index (χ2n) is 12.2. The van der Waals surface area contributed by atoms with Gasteiger partial charge in [0, 0.05) is 51.4 Å². The highest BCUT2D eigenvalue weighted by Gasteiger charge is 2.41. The van der Waals surface area contributed by atoms with E-state index in [1.807, 2.05) is 16.7 Å². The molecule has 0 radical (unpaired) electrons. The molecule has 6 heterocycles. The Morgan fingerprint density at radius 2 is 1.74 bits per heavy atom. The average Bonchev–Trinajstić information content (AvgIpc) is 3.69. The maximum atomic E-state index is 14.3. The number of fused-ring (bicyclic) bond motifs is 3. The monoisotopic (exact) mass is 735 g/mol. The molecule has 2 unspecified atom stereocenters. The Hall–Kier alpha value is -4.61. The number of carbonyl (C=O) groups is 2. The molecule has 2 amide bonds. The van der Waals surface area contributed by atoms with E-state index in [0.29, 0.717) is 37.7 Å². The molecule has 1 aromatic carbocycles. The molecule has 0 bridgehead atoms. The largest absolute Gasteiger partial charge is 0.504 e. The van der Waals surface area contributed by atoms with Gasteiger partial charge in [-0.3, -0.25) is 19.0 Å². The molecule has 3 aromatic heterocycles. The summed E-state index contributed by atoms with van der Waals surface area (Å²) >= 11 is 12.2. The van der Waals surface area contributed by atoms with E-state index in [0.717, 1.165) is 18.2 Å². The number of ether oxygens (including phenoxy) is 1. The fourth-order valence-electron chi connectivity index (χ4n) is 6.64. The van der Waals surface area contributed by atoms with Crippen LogP contribution in [0.2, 0.25) is 10.0 Å². The molecule has 2 N–H and O–H groups in total. The molecule has 0 saturated carbocycles. The number of hydrogen-bond acceptors (Lipinski definition) is 10. The Kier molecular flexibility index (Phi) is 8.76. The molecule has 14 nitrogen and oxygen atoms in total. The van der Waals surface area contributed by atoms with E-state index >= 15 is 0 Å². The minimum atomic E-state index is -4.61. The highest BCUT2D eigenvalue weighted by atomic mass is 35.5. The summed E-state index contributed by atoms with van der Waals surface area (Å²) in [6, 6.07) is 3.12. The molecule has 3 aliphatic rings. The SMILES string of the molecule is CC1CC(C(=O)Nc2ccc(C(F)(F)F)cc2Cl)n2c1c(N1CCN(C(=O)c3nccc(Cl)c3O)CC1)c(=O)n1nc(N3CCOCC3)nc21. The highest BCUT2D eigenvalue weighted by molar-refractivity contribution is 6.34. The molecule has 2 saturated heterocycles. The Morgan fingerprint density at radius 3 is 2.42 bits per heavy atom. The maximum Gasteiger partial charge on any atom is 0.416 e. The van der Waals surface area contributed by atoms with Gasteiger partial charge in [0.25, 0.3) is 11.5 Å². The van der Waals surface area contributed by atoms with Crippen LogP contribution in [0.3, 0.4) is 0 Å². The predicted octanol–water partition coefficient (Wildman–Crippen LogP) is 3.80. The molecule has 19 heteroatoms. The van der Waals surface area contributed by atoms with E-state index in [2.05, 4.69) is 15.4 Å². The number of anilines is 3. The third-order valence-corrected chi connectivity index (χ3v) is 9.78. The molecule has 3 aliphatic heterocycles. The van der Waals surface area contributed by atoms with Crippen molar-refractivity contribution in [3.63, 3.8) is 0 Å². The number of morpholine rings is 1. The molecular weight excluding hydrogens is 706 g/mol. The minimum absolute atomic E-state index is 0.000416. The van der Waals surface area contributed by atoms with Gasteiger partial charge < -0.3 is 29.9 Å². The van der Waals surface area contributed by atoms with Gasteiger partial charge in [0.1, 0.15) is 11.7 Å². The number of amides is 2. The van der Waals surface area contributed by atoms with Crippen molar-refractivity contribution in [2.75, 3.05) is 67.6 Å². The lowest BCUT2D eigenvalue weighted by Crippen LogP contribution is -2.51. The van der Waals surface area contributed by atoms with Gasteiger partial charge in [-0.25, -0.2) is 4.98 Å².